The zero-order chi connectivity index (χ0) is 14.3. The van der Waals surface area contributed by atoms with Gasteiger partial charge in [-0.3, -0.25) is 4.79 Å². The first-order valence-electron chi connectivity index (χ1n) is 5.88. The molecule has 1 saturated carbocycles. The van der Waals surface area contributed by atoms with Gasteiger partial charge in [0.05, 0.1) is 5.92 Å². The lowest BCUT2D eigenvalue weighted by atomic mass is 9.87. The molecule has 0 bridgehead atoms. The highest BCUT2D eigenvalue weighted by atomic mass is 16.8. The van der Waals surface area contributed by atoms with Crippen LogP contribution in [0.1, 0.15) is 25.7 Å². The van der Waals surface area contributed by atoms with Crippen LogP contribution in [0.2, 0.25) is 0 Å². The van der Waals surface area contributed by atoms with E-state index in [-0.39, 0.29) is 12.0 Å². The standard InChI is InChI=1S/C12H16O7/c1-2-10(13)17-7-18-12(16)19-9-5-3-8(4-6-9)11(14)15/h2,8-9H,1,3-7H2,(H,14,15)/t8-,9-. The molecule has 0 heterocycles. The molecule has 1 rings (SSSR count). The third kappa shape index (κ3) is 5.41. The Morgan fingerprint density at radius 3 is 2.32 bits per heavy atom. The fourth-order valence-corrected chi connectivity index (χ4v) is 1.79. The van der Waals surface area contributed by atoms with Crippen LogP contribution in [0.25, 0.3) is 0 Å². The normalized spacial score (nSPS) is 22.1. The molecule has 0 unspecified atom stereocenters. The average molecular weight is 272 g/mol. The molecule has 0 radical (unpaired) electrons. The highest BCUT2D eigenvalue weighted by Gasteiger charge is 2.28. The van der Waals surface area contributed by atoms with Gasteiger partial charge in [0.25, 0.3) is 0 Å². The van der Waals surface area contributed by atoms with E-state index in [0.717, 1.165) is 6.08 Å². The van der Waals surface area contributed by atoms with Crippen LogP contribution in [0.15, 0.2) is 12.7 Å². The van der Waals surface area contributed by atoms with Crippen molar-refractivity contribution < 1.29 is 33.7 Å². The van der Waals surface area contributed by atoms with Gasteiger partial charge in [-0.25, -0.2) is 9.59 Å². The van der Waals surface area contributed by atoms with Gasteiger partial charge in [-0.2, -0.15) is 0 Å². The van der Waals surface area contributed by atoms with Crippen LogP contribution in [-0.4, -0.2) is 36.1 Å². The highest BCUT2D eigenvalue weighted by Crippen LogP contribution is 2.26. The lowest BCUT2D eigenvalue weighted by Crippen LogP contribution is -2.28. The fourth-order valence-electron chi connectivity index (χ4n) is 1.79. The molecule has 1 aliphatic rings. The molecule has 7 nitrogen and oxygen atoms in total. The number of hydrogen-bond acceptors (Lipinski definition) is 6. The summed E-state index contributed by atoms with van der Waals surface area (Å²) in [5, 5.41) is 8.81. The van der Waals surface area contributed by atoms with E-state index in [1.807, 2.05) is 0 Å². The summed E-state index contributed by atoms with van der Waals surface area (Å²) in [7, 11) is 0. The van der Waals surface area contributed by atoms with E-state index in [1.54, 1.807) is 0 Å². The number of carboxylic acid groups (broad SMARTS) is 1. The van der Waals surface area contributed by atoms with Gasteiger partial charge in [-0.1, -0.05) is 6.58 Å². The molecule has 0 spiro atoms. The second-order valence-electron chi connectivity index (χ2n) is 4.11. The molecule has 0 aromatic rings. The molecule has 0 aromatic heterocycles. The van der Waals surface area contributed by atoms with Gasteiger partial charge >= 0.3 is 18.1 Å². The molecule has 0 atom stereocenters. The summed E-state index contributed by atoms with van der Waals surface area (Å²) in [6.07, 6.45) is 1.57. The summed E-state index contributed by atoms with van der Waals surface area (Å²) in [6.45, 7) is 2.65. The fraction of sp³-hybridized carbons (Fsp3) is 0.583. The number of esters is 1. The zero-order valence-electron chi connectivity index (χ0n) is 10.4. The first-order valence-corrected chi connectivity index (χ1v) is 5.88. The van der Waals surface area contributed by atoms with E-state index < -0.39 is 24.9 Å². The Bertz CT molecular complexity index is 355. The Kier molecular flexibility index (Phi) is 5.84. The van der Waals surface area contributed by atoms with E-state index in [2.05, 4.69) is 16.1 Å². The van der Waals surface area contributed by atoms with Gasteiger partial charge in [0.1, 0.15) is 6.10 Å². The molecule has 0 saturated heterocycles. The predicted molar refractivity (Wildman–Crippen MR) is 62.1 cm³/mol. The molecule has 0 aliphatic heterocycles. The molecule has 106 valence electrons. The number of aliphatic carboxylic acids is 1. The van der Waals surface area contributed by atoms with Crippen molar-refractivity contribution >= 4 is 18.1 Å². The van der Waals surface area contributed by atoms with E-state index in [4.69, 9.17) is 9.84 Å². The highest BCUT2D eigenvalue weighted by molar-refractivity contribution is 5.81. The van der Waals surface area contributed by atoms with Crippen LogP contribution in [-0.2, 0) is 23.8 Å². The monoisotopic (exact) mass is 272 g/mol. The molecular weight excluding hydrogens is 256 g/mol. The Morgan fingerprint density at radius 1 is 1.16 bits per heavy atom. The molecule has 0 amide bonds. The minimum absolute atomic E-state index is 0.349. The molecule has 1 aliphatic carbocycles. The van der Waals surface area contributed by atoms with Crippen LogP contribution >= 0.6 is 0 Å². The lowest BCUT2D eigenvalue weighted by Gasteiger charge is -2.25. The smallest absolute Gasteiger partial charge is 0.481 e. The number of ether oxygens (including phenoxy) is 3. The third-order valence-corrected chi connectivity index (χ3v) is 2.83. The minimum atomic E-state index is -0.935. The van der Waals surface area contributed by atoms with Crippen LogP contribution < -0.4 is 0 Å². The number of rotatable bonds is 5. The van der Waals surface area contributed by atoms with Gasteiger partial charge < -0.3 is 19.3 Å². The van der Waals surface area contributed by atoms with E-state index in [9.17, 15) is 14.4 Å². The van der Waals surface area contributed by atoms with Gasteiger partial charge in [0.15, 0.2) is 0 Å². The summed E-state index contributed by atoms with van der Waals surface area (Å²) in [6, 6.07) is 0. The second kappa shape index (κ2) is 7.40. The number of hydrogen-bond donors (Lipinski definition) is 1. The van der Waals surface area contributed by atoms with E-state index >= 15 is 0 Å². The van der Waals surface area contributed by atoms with Crippen molar-refractivity contribution in [1.29, 1.82) is 0 Å². The minimum Gasteiger partial charge on any atom is -0.481 e. The van der Waals surface area contributed by atoms with Crippen molar-refractivity contribution in [2.24, 2.45) is 5.92 Å². The summed E-state index contributed by atoms with van der Waals surface area (Å²) >= 11 is 0. The molecule has 1 N–H and O–H groups in total. The van der Waals surface area contributed by atoms with Crippen molar-refractivity contribution in [3.63, 3.8) is 0 Å². The quantitative estimate of drug-likeness (QED) is 0.459. The van der Waals surface area contributed by atoms with Crippen LogP contribution in [0, 0.1) is 5.92 Å². The third-order valence-electron chi connectivity index (χ3n) is 2.83. The van der Waals surface area contributed by atoms with Crippen molar-refractivity contribution in [3.8, 4) is 0 Å². The van der Waals surface area contributed by atoms with E-state index in [1.165, 1.54) is 0 Å². The van der Waals surface area contributed by atoms with Crippen molar-refractivity contribution in [1.82, 2.24) is 0 Å². The second-order valence-corrected chi connectivity index (χ2v) is 4.11. The molecule has 0 aromatic carbocycles. The van der Waals surface area contributed by atoms with Gasteiger partial charge in [-0.15, -0.1) is 0 Å². The number of carboxylic acids is 1. The summed E-state index contributed by atoms with van der Waals surface area (Å²) in [4.78, 5) is 32.6. The van der Waals surface area contributed by atoms with Crippen LogP contribution in [0.4, 0.5) is 4.79 Å². The number of carbonyl (C=O) groups is 3. The Balaban J connectivity index is 2.18. The summed E-state index contributed by atoms with van der Waals surface area (Å²) in [5.74, 6) is -1.89. The van der Waals surface area contributed by atoms with Gasteiger partial charge in [-0.05, 0) is 25.7 Å². The largest absolute Gasteiger partial charge is 0.511 e. The molecule has 19 heavy (non-hydrogen) atoms. The maximum atomic E-state index is 11.2. The van der Waals surface area contributed by atoms with Gasteiger partial charge in [0.2, 0.25) is 6.79 Å². The molecular formula is C12H16O7. The first kappa shape index (κ1) is 15.0. The molecule has 7 heteroatoms. The molecule has 1 fully saturated rings. The first-order chi connectivity index (χ1) is 9.02. The van der Waals surface area contributed by atoms with Gasteiger partial charge in [0, 0.05) is 6.08 Å². The van der Waals surface area contributed by atoms with Crippen LogP contribution in [0.5, 0.6) is 0 Å². The Hall–Kier alpha value is -2.05. The predicted octanol–water partition coefficient (Wildman–Crippen LogP) is 1.47. The SMILES string of the molecule is C=CC(=O)OCOC(=O)O[C@H]1CC[C@H](C(=O)O)CC1. The summed E-state index contributed by atoms with van der Waals surface area (Å²) in [5.41, 5.74) is 0. The topological polar surface area (TPSA) is 99.1 Å². The lowest BCUT2D eigenvalue weighted by molar-refractivity contribution is -0.147. The van der Waals surface area contributed by atoms with E-state index in [0.29, 0.717) is 25.7 Å². The maximum absolute atomic E-state index is 11.2. The Labute approximate surface area is 110 Å². The summed E-state index contributed by atoms with van der Waals surface area (Å²) < 4.78 is 13.9. The Morgan fingerprint density at radius 2 is 1.79 bits per heavy atom. The van der Waals surface area contributed by atoms with Crippen molar-refractivity contribution in [3.05, 3.63) is 12.7 Å². The maximum Gasteiger partial charge on any atom is 0.511 e. The van der Waals surface area contributed by atoms with Crippen LogP contribution in [0.3, 0.4) is 0 Å². The van der Waals surface area contributed by atoms with Crippen molar-refractivity contribution in [2.75, 3.05) is 6.79 Å². The van der Waals surface area contributed by atoms with Crippen molar-refractivity contribution in [2.45, 2.75) is 31.8 Å². The number of carbonyl (C=O) groups excluding carboxylic acids is 2. The zero-order valence-corrected chi connectivity index (χ0v) is 10.4. The average Bonchev–Trinajstić information content (AvgIpc) is 2.39.